The van der Waals surface area contributed by atoms with Gasteiger partial charge in [-0.3, -0.25) is 0 Å². The summed E-state index contributed by atoms with van der Waals surface area (Å²) < 4.78 is 22.1. The molecule has 0 spiro atoms. The average Bonchev–Trinajstić information content (AvgIpc) is 2.41. The first-order valence-electron chi connectivity index (χ1n) is 4.39. The van der Waals surface area contributed by atoms with E-state index in [4.69, 9.17) is 5.14 Å². The lowest BCUT2D eigenvalue weighted by Gasteiger charge is -2.03. The molecule has 1 heterocycles. The van der Waals surface area contributed by atoms with Crippen molar-refractivity contribution < 1.29 is 8.42 Å². The molecule has 0 fully saturated rings. The van der Waals surface area contributed by atoms with Crippen LogP contribution >= 0.6 is 0 Å². The van der Waals surface area contributed by atoms with E-state index in [1.54, 1.807) is 12.1 Å². The first-order chi connectivity index (χ1) is 6.47. The zero-order chi connectivity index (χ0) is 10.3. The third kappa shape index (κ3) is 1.60. The number of rotatable bonds is 1. The lowest BCUT2D eigenvalue weighted by molar-refractivity contribution is 0.598. The molecule has 0 aromatic heterocycles. The van der Waals surface area contributed by atoms with Gasteiger partial charge >= 0.3 is 0 Å². The third-order valence-electron chi connectivity index (χ3n) is 2.34. The van der Waals surface area contributed by atoms with Gasteiger partial charge in [0, 0.05) is 11.7 Å². The fraction of sp³-hybridized carbons (Fsp3) is 0.333. The molecule has 0 saturated heterocycles. The standard InChI is InChI=1S/C9H12N2O2S/c1-6-4-7-2-3-8(14(10,12)13)5-9(7)11-6/h2-3,5-6,11H,4H2,1H3,(H2,10,12,13). The van der Waals surface area contributed by atoms with Crippen LogP contribution in [0.5, 0.6) is 0 Å². The lowest BCUT2D eigenvalue weighted by Crippen LogP contribution is -2.12. The van der Waals surface area contributed by atoms with E-state index < -0.39 is 10.0 Å². The Balaban J connectivity index is 2.48. The maximum atomic E-state index is 11.1. The molecule has 2 rings (SSSR count). The quantitative estimate of drug-likeness (QED) is 0.719. The number of sulfonamides is 1. The maximum Gasteiger partial charge on any atom is 0.238 e. The van der Waals surface area contributed by atoms with Crippen LogP contribution in [0.3, 0.4) is 0 Å². The number of anilines is 1. The van der Waals surface area contributed by atoms with Gasteiger partial charge in [0.25, 0.3) is 0 Å². The minimum atomic E-state index is -3.58. The van der Waals surface area contributed by atoms with Crippen molar-refractivity contribution in [3.05, 3.63) is 23.8 Å². The number of fused-ring (bicyclic) bond motifs is 1. The van der Waals surface area contributed by atoms with E-state index in [9.17, 15) is 8.42 Å². The minimum Gasteiger partial charge on any atom is -0.382 e. The molecule has 1 aromatic rings. The fourth-order valence-electron chi connectivity index (χ4n) is 1.69. The van der Waals surface area contributed by atoms with Crippen molar-refractivity contribution in [3.8, 4) is 0 Å². The summed E-state index contributed by atoms with van der Waals surface area (Å²) in [7, 11) is -3.58. The summed E-state index contributed by atoms with van der Waals surface area (Å²) in [5, 5.41) is 8.22. The predicted molar refractivity (Wildman–Crippen MR) is 54.6 cm³/mol. The Hall–Kier alpha value is -1.07. The Morgan fingerprint density at radius 1 is 1.50 bits per heavy atom. The third-order valence-corrected chi connectivity index (χ3v) is 3.25. The Bertz CT molecular complexity index is 468. The van der Waals surface area contributed by atoms with E-state index in [-0.39, 0.29) is 4.90 Å². The highest BCUT2D eigenvalue weighted by atomic mass is 32.2. The van der Waals surface area contributed by atoms with E-state index >= 15 is 0 Å². The molecule has 1 aliphatic heterocycles. The summed E-state index contributed by atoms with van der Waals surface area (Å²) in [6.45, 7) is 2.05. The number of primary sulfonamides is 1. The van der Waals surface area contributed by atoms with Crippen LogP contribution in [0.25, 0.3) is 0 Å². The molecule has 0 radical (unpaired) electrons. The zero-order valence-electron chi connectivity index (χ0n) is 7.82. The van der Waals surface area contributed by atoms with Gasteiger partial charge in [0.2, 0.25) is 10.0 Å². The summed E-state index contributed by atoms with van der Waals surface area (Å²) in [5.74, 6) is 0. The van der Waals surface area contributed by atoms with Gasteiger partial charge in [0.15, 0.2) is 0 Å². The number of nitrogens with two attached hydrogens (primary N) is 1. The van der Waals surface area contributed by atoms with Crippen LogP contribution in [-0.4, -0.2) is 14.5 Å². The SMILES string of the molecule is CC1Cc2ccc(S(N)(=O)=O)cc2N1. The Labute approximate surface area is 83.2 Å². The molecule has 1 unspecified atom stereocenters. The molecular formula is C9H12N2O2S. The number of benzene rings is 1. The van der Waals surface area contributed by atoms with Crippen LogP contribution in [-0.2, 0) is 16.4 Å². The monoisotopic (exact) mass is 212 g/mol. The normalized spacial score (nSPS) is 20.3. The topological polar surface area (TPSA) is 72.2 Å². The lowest BCUT2D eigenvalue weighted by atomic mass is 10.1. The number of nitrogens with one attached hydrogen (secondary N) is 1. The zero-order valence-corrected chi connectivity index (χ0v) is 8.64. The molecule has 4 nitrogen and oxygen atoms in total. The van der Waals surface area contributed by atoms with Crippen molar-refractivity contribution in [2.45, 2.75) is 24.3 Å². The van der Waals surface area contributed by atoms with E-state index in [1.807, 2.05) is 6.07 Å². The largest absolute Gasteiger partial charge is 0.382 e. The van der Waals surface area contributed by atoms with Crippen molar-refractivity contribution in [2.24, 2.45) is 5.14 Å². The van der Waals surface area contributed by atoms with Crippen LogP contribution in [0.2, 0.25) is 0 Å². The van der Waals surface area contributed by atoms with Crippen molar-refractivity contribution >= 4 is 15.7 Å². The number of hydrogen-bond acceptors (Lipinski definition) is 3. The predicted octanol–water partition coefficient (Wildman–Crippen LogP) is 0.691. The van der Waals surface area contributed by atoms with Crippen molar-refractivity contribution in [3.63, 3.8) is 0 Å². The highest BCUT2D eigenvalue weighted by molar-refractivity contribution is 7.89. The smallest absolute Gasteiger partial charge is 0.238 e. The molecule has 0 amide bonds. The van der Waals surface area contributed by atoms with Gasteiger partial charge in [-0.15, -0.1) is 0 Å². The second-order valence-electron chi connectivity index (χ2n) is 3.61. The second kappa shape index (κ2) is 2.96. The summed E-state index contributed by atoms with van der Waals surface area (Å²) >= 11 is 0. The molecular weight excluding hydrogens is 200 g/mol. The van der Waals surface area contributed by atoms with Crippen LogP contribution in [0.4, 0.5) is 5.69 Å². The molecule has 0 bridgehead atoms. The van der Waals surface area contributed by atoms with Gasteiger partial charge in [-0.1, -0.05) is 6.07 Å². The summed E-state index contributed by atoms with van der Waals surface area (Å²) in [6.07, 6.45) is 0.931. The first-order valence-corrected chi connectivity index (χ1v) is 5.94. The molecule has 5 heteroatoms. The van der Waals surface area contributed by atoms with Gasteiger partial charge in [-0.25, -0.2) is 13.6 Å². The van der Waals surface area contributed by atoms with Crippen molar-refractivity contribution in [2.75, 3.05) is 5.32 Å². The Morgan fingerprint density at radius 3 is 2.86 bits per heavy atom. The number of hydrogen-bond donors (Lipinski definition) is 2. The Morgan fingerprint density at radius 2 is 2.21 bits per heavy atom. The molecule has 1 aliphatic rings. The minimum absolute atomic E-state index is 0.165. The van der Waals surface area contributed by atoms with E-state index in [0.29, 0.717) is 6.04 Å². The molecule has 1 aromatic carbocycles. The van der Waals surface area contributed by atoms with E-state index in [2.05, 4.69) is 12.2 Å². The van der Waals surface area contributed by atoms with Crippen molar-refractivity contribution in [1.82, 2.24) is 0 Å². The van der Waals surface area contributed by atoms with Gasteiger partial charge < -0.3 is 5.32 Å². The first kappa shape index (κ1) is 9.48. The molecule has 1 atom stereocenters. The van der Waals surface area contributed by atoms with Gasteiger partial charge in [-0.05, 0) is 31.0 Å². The van der Waals surface area contributed by atoms with Crippen LogP contribution in [0, 0.1) is 0 Å². The van der Waals surface area contributed by atoms with E-state index in [1.165, 1.54) is 0 Å². The summed E-state index contributed by atoms with van der Waals surface area (Å²) in [6, 6.07) is 5.31. The summed E-state index contributed by atoms with van der Waals surface area (Å²) in [5.41, 5.74) is 2.02. The average molecular weight is 212 g/mol. The second-order valence-corrected chi connectivity index (χ2v) is 5.17. The molecule has 76 valence electrons. The molecule has 3 N–H and O–H groups in total. The van der Waals surface area contributed by atoms with E-state index in [0.717, 1.165) is 17.7 Å². The fourth-order valence-corrected chi connectivity index (χ4v) is 2.23. The van der Waals surface area contributed by atoms with Gasteiger partial charge in [0.05, 0.1) is 4.90 Å². The summed E-state index contributed by atoms with van der Waals surface area (Å²) in [4.78, 5) is 0.165. The highest BCUT2D eigenvalue weighted by Gasteiger charge is 2.18. The van der Waals surface area contributed by atoms with Crippen LogP contribution in [0.1, 0.15) is 12.5 Å². The van der Waals surface area contributed by atoms with Crippen LogP contribution in [0.15, 0.2) is 23.1 Å². The molecule has 0 saturated carbocycles. The highest BCUT2D eigenvalue weighted by Crippen LogP contribution is 2.27. The van der Waals surface area contributed by atoms with Crippen LogP contribution < -0.4 is 10.5 Å². The Kier molecular flexibility index (Phi) is 2.01. The molecule has 14 heavy (non-hydrogen) atoms. The van der Waals surface area contributed by atoms with Gasteiger partial charge in [-0.2, -0.15) is 0 Å². The maximum absolute atomic E-state index is 11.1. The van der Waals surface area contributed by atoms with Gasteiger partial charge in [0.1, 0.15) is 0 Å². The molecule has 0 aliphatic carbocycles. The van der Waals surface area contributed by atoms with Crippen molar-refractivity contribution in [1.29, 1.82) is 0 Å².